The number of hydrogen-bond donors (Lipinski definition) is 1. The van der Waals surface area contributed by atoms with Gasteiger partial charge in [-0.25, -0.2) is 13.1 Å². The number of nitrogens with one attached hydrogen (secondary N) is 1. The summed E-state index contributed by atoms with van der Waals surface area (Å²) in [5, 5.41) is 0. The van der Waals surface area contributed by atoms with Gasteiger partial charge in [-0.2, -0.15) is 0 Å². The quantitative estimate of drug-likeness (QED) is 0.846. The molecule has 0 saturated heterocycles. The van der Waals surface area contributed by atoms with Gasteiger partial charge in [-0.3, -0.25) is 0 Å². The second-order valence-corrected chi connectivity index (χ2v) is 10.2. The molecule has 3 nitrogen and oxygen atoms in total. The lowest BCUT2D eigenvalue weighted by Gasteiger charge is -2.34. The van der Waals surface area contributed by atoms with Gasteiger partial charge in [-0.15, -0.1) is 11.3 Å². The Hall–Kier alpha value is 0.0900. The van der Waals surface area contributed by atoms with Crippen molar-refractivity contribution in [2.24, 2.45) is 11.8 Å². The lowest BCUT2D eigenvalue weighted by Crippen LogP contribution is -2.43. The largest absolute Gasteiger partial charge is 0.241 e. The standard InChI is InChI=1S/C14H22BrNO2S2/c1-9(2)11-6-4-5-7-12(11)16-20(17,18)13-8-14(15)19-10(13)3/h8-9,11-12,16H,4-7H2,1-3H3. The summed E-state index contributed by atoms with van der Waals surface area (Å²) in [4.78, 5) is 1.25. The van der Waals surface area contributed by atoms with Gasteiger partial charge in [0.1, 0.15) is 0 Å². The maximum atomic E-state index is 12.6. The first-order chi connectivity index (χ1) is 9.31. The Bertz CT molecular complexity index is 566. The minimum atomic E-state index is -3.41. The molecule has 1 aliphatic carbocycles. The van der Waals surface area contributed by atoms with Crippen LogP contribution in [-0.4, -0.2) is 14.5 Å². The van der Waals surface area contributed by atoms with Crippen molar-refractivity contribution in [2.45, 2.75) is 57.4 Å². The van der Waals surface area contributed by atoms with Crippen molar-refractivity contribution in [3.63, 3.8) is 0 Å². The maximum Gasteiger partial charge on any atom is 0.241 e. The van der Waals surface area contributed by atoms with Crippen LogP contribution in [0.4, 0.5) is 0 Å². The Kier molecular flexibility index (Phi) is 5.32. The smallest absolute Gasteiger partial charge is 0.208 e. The molecule has 2 atom stereocenters. The fraction of sp³-hybridized carbons (Fsp3) is 0.714. The van der Waals surface area contributed by atoms with E-state index in [-0.39, 0.29) is 6.04 Å². The Labute approximate surface area is 134 Å². The van der Waals surface area contributed by atoms with Gasteiger partial charge in [-0.05, 0) is 53.6 Å². The molecule has 1 fully saturated rings. The molecule has 2 unspecified atom stereocenters. The maximum absolute atomic E-state index is 12.6. The minimum absolute atomic E-state index is 0.0758. The van der Waals surface area contributed by atoms with Crippen LogP contribution in [-0.2, 0) is 10.0 Å². The first kappa shape index (κ1) is 16.5. The van der Waals surface area contributed by atoms with Crippen LogP contribution in [0.15, 0.2) is 14.7 Å². The second kappa shape index (κ2) is 6.46. The zero-order chi connectivity index (χ0) is 14.9. The van der Waals surface area contributed by atoms with Crippen LogP contribution in [0.3, 0.4) is 0 Å². The van der Waals surface area contributed by atoms with E-state index < -0.39 is 10.0 Å². The van der Waals surface area contributed by atoms with Gasteiger partial charge in [0.15, 0.2) is 0 Å². The highest BCUT2D eigenvalue weighted by Crippen LogP contribution is 2.33. The molecule has 1 aliphatic rings. The molecule has 0 aromatic carbocycles. The van der Waals surface area contributed by atoms with E-state index in [4.69, 9.17) is 0 Å². The number of sulfonamides is 1. The third-order valence-electron chi connectivity index (χ3n) is 4.11. The zero-order valence-electron chi connectivity index (χ0n) is 12.1. The van der Waals surface area contributed by atoms with Crippen molar-refractivity contribution >= 4 is 37.3 Å². The number of thiophene rings is 1. The first-order valence-electron chi connectivity index (χ1n) is 7.09. The number of halogens is 1. The number of rotatable bonds is 4. The van der Waals surface area contributed by atoms with Crippen molar-refractivity contribution < 1.29 is 8.42 Å². The van der Waals surface area contributed by atoms with Crippen molar-refractivity contribution in [3.05, 3.63) is 14.7 Å². The van der Waals surface area contributed by atoms with Gasteiger partial charge >= 0.3 is 0 Å². The van der Waals surface area contributed by atoms with E-state index in [2.05, 4.69) is 34.5 Å². The minimum Gasteiger partial charge on any atom is -0.208 e. The van der Waals surface area contributed by atoms with Crippen LogP contribution in [0.5, 0.6) is 0 Å². The lowest BCUT2D eigenvalue weighted by atomic mass is 9.78. The Balaban J connectivity index is 2.21. The Morgan fingerprint density at radius 3 is 2.55 bits per heavy atom. The van der Waals surface area contributed by atoms with E-state index in [0.29, 0.717) is 16.7 Å². The fourth-order valence-electron chi connectivity index (χ4n) is 3.06. The van der Waals surface area contributed by atoms with E-state index in [1.165, 1.54) is 17.8 Å². The highest BCUT2D eigenvalue weighted by molar-refractivity contribution is 9.11. The van der Waals surface area contributed by atoms with Crippen molar-refractivity contribution in [2.75, 3.05) is 0 Å². The van der Waals surface area contributed by atoms with E-state index in [1.54, 1.807) is 6.07 Å². The summed E-state index contributed by atoms with van der Waals surface area (Å²) in [5.41, 5.74) is 0. The first-order valence-corrected chi connectivity index (χ1v) is 10.2. The average Bonchev–Trinajstić information content (AvgIpc) is 2.69. The molecule has 0 aliphatic heterocycles. The van der Waals surface area contributed by atoms with Crippen molar-refractivity contribution in [3.8, 4) is 0 Å². The molecule has 0 spiro atoms. The lowest BCUT2D eigenvalue weighted by molar-refractivity contribution is 0.226. The Morgan fingerprint density at radius 1 is 1.35 bits per heavy atom. The molecular formula is C14H22BrNO2S2. The van der Waals surface area contributed by atoms with E-state index >= 15 is 0 Å². The molecule has 6 heteroatoms. The van der Waals surface area contributed by atoms with E-state index in [1.807, 2.05) is 6.92 Å². The topological polar surface area (TPSA) is 46.2 Å². The van der Waals surface area contributed by atoms with Gasteiger partial charge in [0, 0.05) is 10.9 Å². The van der Waals surface area contributed by atoms with Crippen LogP contribution in [0.1, 0.15) is 44.4 Å². The molecule has 1 N–H and O–H groups in total. The summed E-state index contributed by atoms with van der Waals surface area (Å²) in [7, 11) is -3.41. The highest BCUT2D eigenvalue weighted by atomic mass is 79.9. The van der Waals surface area contributed by atoms with Crippen LogP contribution < -0.4 is 4.72 Å². The van der Waals surface area contributed by atoms with Crippen molar-refractivity contribution in [1.82, 2.24) is 4.72 Å². The molecule has 20 heavy (non-hydrogen) atoms. The molecule has 1 saturated carbocycles. The van der Waals surface area contributed by atoms with Crippen LogP contribution in [0, 0.1) is 18.8 Å². The number of aryl methyl sites for hydroxylation is 1. The van der Waals surface area contributed by atoms with Crippen molar-refractivity contribution in [1.29, 1.82) is 0 Å². The molecule has 1 aromatic heterocycles. The predicted molar refractivity (Wildman–Crippen MR) is 87.7 cm³/mol. The highest BCUT2D eigenvalue weighted by Gasteiger charge is 2.32. The summed E-state index contributed by atoms with van der Waals surface area (Å²) < 4.78 is 29.0. The molecule has 114 valence electrons. The third-order valence-corrected chi connectivity index (χ3v) is 7.41. The molecule has 2 rings (SSSR count). The summed E-state index contributed by atoms with van der Waals surface area (Å²) in [5.74, 6) is 0.958. The predicted octanol–water partition coefficient (Wildman–Crippen LogP) is 4.31. The molecular weight excluding hydrogens is 358 g/mol. The van der Waals surface area contributed by atoms with Gasteiger partial charge in [-0.1, -0.05) is 26.7 Å². The number of hydrogen-bond acceptors (Lipinski definition) is 3. The van der Waals surface area contributed by atoms with Gasteiger partial charge in [0.2, 0.25) is 10.0 Å². The van der Waals surface area contributed by atoms with Gasteiger partial charge in [0.05, 0.1) is 8.68 Å². The van der Waals surface area contributed by atoms with Gasteiger partial charge in [0.25, 0.3) is 0 Å². The van der Waals surface area contributed by atoms with E-state index in [9.17, 15) is 8.42 Å². The molecule has 1 aromatic rings. The summed E-state index contributed by atoms with van der Waals surface area (Å²) in [6, 6.07) is 1.78. The summed E-state index contributed by atoms with van der Waals surface area (Å²) >= 11 is 4.82. The fourth-order valence-corrected chi connectivity index (χ4v) is 6.80. The molecule has 1 heterocycles. The molecule has 0 amide bonds. The molecule has 0 bridgehead atoms. The van der Waals surface area contributed by atoms with Crippen LogP contribution in [0.2, 0.25) is 0 Å². The molecule has 0 radical (unpaired) electrons. The SMILES string of the molecule is Cc1sc(Br)cc1S(=O)(=O)NC1CCCCC1C(C)C. The van der Waals surface area contributed by atoms with E-state index in [0.717, 1.165) is 27.9 Å². The van der Waals surface area contributed by atoms with Crippen LogP contribution >= 0.6 is 27.3 Å². The monoisotopic (exact) mass is 379 g/mol. The summed E-state index contributed by atoms with van der Waals surface area (Å²) in [6.45, 7) is 6.22. The second-order valence-electron chi connectivity index (χ2n) is 5.89. The van der Waals surface area contributed by atoms with Gasteiger partial charge < -0.3 is 0 Å². The Morgan fingerprint density at radius 2 is 2.00 bits per heavy atom. The third kappa shape index (κ3) is 3.64. The normalized spacial score (nSPS) is 24.2. The van der Waals surface area contributed by atoms with Crippen LogP contribution in [0.25, 0.3) is 0 Å². The zero-order valence-corrected chi connectivity index (χ0v) is 15.4. The average molecular weight is 380 g/mol. The summed E-state index contributed by atoms with van der Waals surface area (Å²) in [6.07, 6.45) is 4.40.